The number of rotatable bonds is 5. The standard InChI is InChI=1S/C14H14N4O2/c1-19-6-7-20-11-4-2-10(3-5-11)12-13-14(17-8-15-12)18-9-16-13/h2-5,8-9H,6-7H2,1H3,(H,15,16,17,18). The summed E-state index contributed by atoms with van der Waals surface area (Å²) >= 11 is 0. The van der Waals surface area contributed by atoms with Crippen LogP contribution in [0.2, 0.25) is 0 Å². The van der Waals surface area contributed by atoms with Crippen molar-refractivity contribution in [1.82, 2.24) is 19.9 Å². The third-order valence-electron chi connectivity index (χ3n) is 2.91. The topological polar surface area (TPSA) is 72.9 Å². The van der Waals surface area contributed by atoms with E-state index in [-0.39, 0.29) is 0 Å². The molecule has 20 heavy (non-hydrogen) atoms. The van der Waals surface area contributed by atoms with Crippen LogP contribution in [0.25, 0.3) is 22.4 Å². The molecule has 102 valence electrons. The van der Waals surface area contributed by atoms with Gasteiger partial charge in [-0.1, -0.05) is 0 Å². The van der Waals surface area contributed by atoms with E-state index in [1.165, 1.54) is 6.33 Å². The number of nitrogens with one attached hydrogen (secondary N) is 1. The average molecular weight is 270 g/mol. The predicted octanol–water partition coefficient (Wildman–Crippen LogP) is 2.05. The molecule has 3 aromatic rings. The van der Waals surface area contributed by atoms with Crippen molar-refractivity contribution in [3.63, 3.8) is 0 Å². The Bertz CT molecular complexity index is 694. The summed E-state index contributed by atoms with van der Waals surface area (Å²) in [5.41, 5.74) is 3.31. The van der Waals surface area contributed by atoms with E-state index in [9.17, 15) is 0 Å². The highest BCUT2D eigenvalue weighted by molar-refractivity contribution is 5.86. The summed E-state index contributed by atoms with van der Waals surface area (Å²) in [5, 5.41) is 0. The number of aromatic amines is 1. The predicted molar refractivity (Wildman–Crippen MR) is 74.5 cm³/mol. The molecule has 0 unspecified atom stereocenters. The molecule has 0 saturated carbocycles. The molecule has 0 bridgehead atoms. The van der Waals surface area contributed by atoms with E-state index in [1.54, 1.807) is 13.4 Å². The summed E-state index contributed by atoms with van der Waals surface area (Å²) in [7, 11) is 1.65. The molecule has 0 spiro atoms. The maximum Gasteiger partial charge on any atom is 0.181 e. The lowest BCUT2D eigenvalue weighted by Gasteiger charge is -2.06. The van der Waals surface area contributed by atoms with Gasteiger partial charge in [0.05, 0.1) is 18.6 Å². The molecule has 0 amide bonds. The molecule has 0 atom stereocenters. The number of ether oxygens (including phenoxy) is 2. The zero-order valence-electron chi connectivity index (χ0n) is 11.0. The van der Waals surface area contributed by atoms with Gasteiger partial charge in [0.2, 0.25) is 0 Å². The van der Waals surface area contributed by atoms with E-state index >= 15 is 0 Å². The van der Waals surface area contributed by atoms with Gasteiger partial charge in [-0.3, -0.25) is 0 Å². The lowest BCUT2D eigenvalue weighted by molar-refractivity contribution is 0.146. The normalized spacial score (nSPS) is 10.8. The van der Waals surface area contributed by atoms with Gasteiger partial charge in [-0.25, -0.2) is 15.0 Å². The monoisotopic (exact) mass is 270 g/mol. The molecule has 0 aliphatic heterocycles. The average Bonchev–Trinajstić information content (AvgIpc) is 2.97. The van der Waals surface area contributed by atoms with Crippen LogP contribution < -0.4 is 4.74 Å². The molecule has 6 heteroatoms. The van der Waals surface area contributed by atoms with Crippen LogP contribution in [0.5, 0.6) is 5.75 Å². The molecule has 0 radical (unpaired) electrons. The summed E-state index contributed by atoms with van der Waals surface area (Å²) < 4.78 is 10.5. The van der Waals surface area contributed by atoms with Gasteiger partial charge in [0, 0.05) is 12.7 Å². The van der Waals surface area contributed by atoms with E-state index in [0.29, 0.717) is 18.9 Å². The highest BCUT2D eigenvalue weighted by atomic mass is 16.5. The first kappa shape index (κ1) is 12.6. The number of hydrogen-bond acceptors (Lipinski definition) is 5. The lowest BCUT2D eigenvalue weighted by Crippen LogP contribution is -2.03. The number of methoxy groups -OCH3 is 1. The van der Waals surface area contributed by atoms with Gasteiger partial charge in [0.1, 0.15) is 24.2 Å². The van der Waals surface area contributed by atoms with E-state index in [4.69, 9.17) is 9.47 Å². The highest BCUT2D eigenvalue weighted by Crippen LogP contribution is 2.24. The Kier molecular flexibility index (Phi) is 3.56. The summed E-state index contributed by atoms with van der Waals surface area (Å²) in [6, 6.07) is 7.75. The Morgan fingerprint density at radius 1 is 1.05 bits per heavy atom. The summed E-state index contributed by atoms with van der Waals surface area (Å²) in [4.78, 5) is 15.6. The van der Waals surface area contributed by atoms with Crippen LogP contribution in [0.3, 0.4) is 0 Å². The second-order valence-corrected chi connectivity index (χ2v) is 4.19. The van der Waals surface area contributed by atoms with Crippen molar-refractivity contribution < 1.29 is 9.47 Å². The Morgan fingerprint density at radius 3 is 2.70 bits per heavy atom. The quantitative estimate of drug-likeness (QED) is 0.718. The molecule has 1 N–H and O–H groups in total. The van der Waals surface area contributed by atoms with Crippen molar-refractivity contribution in [3.8, 4) is 17.0 Å². The maximum absolute atomic E-state index is 5.53. The molecule has 0 aliphatic carbocycles. The second kappa shape index (κ2) is 5.66. The van der Waals surface area contributed by atoms with Crippen LogP contribution in [0, 0.1) is 0 Å². The highest BCUT2D eigenvalue weighted by Gasteiger charge is 2.08. The number of hydrogen-bond donors (Lipinski definition) is 1. The molecular weight excluding hydrogens is 256 g/mol. The van der Waals surface area contributed by atoms with Gasteiger partial charge >= 0.3 is 0 Å². The minimum absolute atomic E-state index is 0.536. The fourth-order valence-electron chi connectivity index (χ4n) is 1.94. The molecule has 3 rings (SSSR count). The molecule has 0 fully saturated rings. The first-order valence-corrected chi connectivity index (χ1v) is 6.25. The first-order chi connectivity index (χ1) is 9.88. The molecule has 6 nitrogen and oxygen atoms in total. The molecule has 2 heterocycles. The number of fused-ring (bicyclic) bond motifs is 1. The van der Waals surface area contributed by atoms with Crippen LogP contribution in [-0.2, 0) is 4.74 Å². The smallest absolute Gasteiger partial charge is 0.181 e. The van der Waals surface area contributed by atoms with Crippen LogP contribution >= 0.6 is 0 Å². The summed E-state index contributed by atoms with van der Waals surface area (Å²) in [6.07, 6.45) is 3.13. The van der Waals surface area contributed by atoms with Crippen LogP contribution in [0.15, 0.2) is 36.9 Å². The van der Waals surface area contributed by atoms with Crippen LogP contribution in [0.4, 0.5) is 0 Å². The molecule has 0 aliphatic rings. The summed E-state index contributed by atoms with van der Waals surface area (Å²) in [6.45, 7) is 1.11. The number of H-pyrrole nitrogens is 1. The minimum Gasteiger partial charge on any atom is -0.491 e. The first-order valence-electron chi connectivity index (χ1n) is 6.25. The van der Waals surface area contributed by atoms with Crippen molar-refractivity contribution in [1.29, 1.82) is 0 Å². The third kappa shape index (κ3) is 2.46. The zero-order valence-corrected chi connectivity index (χ0v) is 11.0. The number of aromatic nitrogens is 4. The maximum atomic E-state index is 5.53. The Balaban J connectivity index is 1.85. The number of benzene rings is 1. The van der Waals surface area contributed by atoms with E-state index in [2.05, 4.69) is 19.9 Å². The fourth-order valence-corrected chi connectivity index (χ4v) is 1.94. The molecule has 1 aromatic carbocycles. The van der Waals surface area contributed by atoms with Crippen LogP contribution in [0.1, 0.15) is 0 Å². The zero-order chi connectivity index (χ0) is 13.8. The summed E-state index contributed by atoms with van der Waals surface area (Å²) in [5.74, 6) is 0.806. The van der Waals surface area contributed by atoms with E-state index in [1.807, 2.05) is 24.3 Å². The molecule has 2 aromatic heterocycles. The van der Waals surface area contributed by atoms with Crippen molar-refractivity contribution in [2.45, 2.75) is 0 Å². The largest absolute Gasteiger partial charge is 0.491 e. The van der Waals surface area contributed by atoms with Gasteiger partial charge in [-0.15, -0.1) is 0 Å². The lowest BCUT2D eigenvalue weighted by atomic mass is 10.1. The van der Waals surface area contributed by atoms with Crippen molar-refractivity contribution in [3.05, 3.63) is 36.9 Å². The van der Waals surface area contributed by atoms with Crippen molar-refractivity contribution in [2.75, 3.05) is 20.3 Å². The van der Waals surface area contributed by atoms with Gasteiger partial charge in [-0.05, 0) is 24.3 Å². The third-order valence-corrected chi connectivity index (χ3v) is 2.91. The Hall–Kier alpha value is -2.47. The van der Waals surface area contributed by atoms with E-state index in [0.717, 1.165) is 22.5 Å². The SMILES string of the molecule is COCCOc1ccc(-c2ncnc3nc[nH]c23)cc1. The van der Waals surface area contributed by atoms with Gasteiger partial charge in [0.25, 0.3) is 0 Å². The van der Waals surface area contributed by atoms with Gasteiger partial charge in [0.15, 0.2) is 5.65 Å². The van der Waals surface area contributed by atoms with Gasteiger partial charge < -0.3 is 14.5 Å². The van der Waals surface area contributed by atoms with E-state index < -0.39 is 0 Å². The van der Waals surface area contributed by atoms with Crippen LogP contribution in [-0.4, -0.2) is 40.3 Å². The van der Waals surface area contributed by atoms with Crippen molar-refractivity contribution in [2.24, 2.45) is 0 Å². The van der Waals surface area contributed by atoms with Crippen molar-refractivity contribution >= 4 is 11.2 Å². The number of imidazole rings is 1. The fraction of sp³-hybridized carbons (Fsp3) is 0.214. The Morgan fingerprint density at radius 2 is 1.90 bits per heavy atom. The molecular formula is C14H14N4O2. The van der Waals surface area contributed by atoms with Gasteiger partial charge in [-0.2, -0.15) is 0 Å². The molecule has 0 saturated heterocycles. The minimum atomic E-state index is 0.536. The number of nitrogens with zero attached hydrogens (tertiary/aromatic N) is 3. The Labute approximate surface area is 115 Å². The second-order valence-electron chi connectivity index (χ2n) is 4.19.